The lowest BCUT2D eigenvalue weighted by Gasteiger charge is -2.19. The van der Waals surface area contributed by atoms with E-state index < -0.39 is 10.0 Å². The third kappa shape index (κ3) is 3.24. The molecule has 0 unspecified atom stereocenters. The summed E-state index contributed by atoms with van der Waals surface area (Å²) in [5, 5.41) is 13.0. The molecule has 0 amide bonds. The Balaban J connectivity index is 1.88. The molecule has 0 fully saturated rings. The average molecular weight is 341 g/mol. The second kappa shape index (κ2) is 6.34. The maximum atomic E-state index is 12.3. The van der Waals surface area contributed by atoms with E-state index in [9.17, 15) is 8.42 Å². The van der Waals surface area contributed by atoms with Gasteiger partial charge >= 0.3 is 0 Å². The molecule has 1 N–H and O–H groups in total. The number of nitriles is 1. The van der Waals surface area contributed by atoms with E-state index in [0.29, 0.717) is 35.6 Å². The van der Waals surface area contributed by atoms with Crippen LogP contribution in [0.4, 0.5) is 0 Å². The summed E-state index contributed by atoms with van der Waals surface area (Å²) in [6.07, 6.45) is 0.481. The fraction of sp³-hybridized carbons (Fsp3) is 0.176. The number of nitrogens with one attached hydrogen (secondary N) is 1. The first-order valence-corrected chi connectivity index (χ1v) is 8.80. The largest absolute Gasteiger partial charge is 0.492 e. The van der Waals surface area contributed by atoms with Crippen molar-refractivity contribution in [1.82, 2.24) is 4.83 Å². The Morgan fingerprint density at radius 2 is 1.96 bits per heavy atom. The van der Waals surface area contributed by atoms with Gasteiger partial charge in [0.15, 0.2) is 0 Å². The summed E-state index contributed by atoms with van der Waals surface area (Å²) < 4.78 is 30.1. The molecule has 1 aliphatic heterocycles. The van der Waals surface area contributed by atoms with Gasteiger partial charge in [0.2, 0.25) is 0 Å². The Bertz CT molecular complexity index is 942. The molecule has 0 saturated heterocycles. The van der Waals surface area contributed by atoms with Crippen LogP contribution in [0.1, 0.15) is 23.1 Å². The van der Waals surface area contributed by atoms with Crippen LogP contribution in [0.15, 0.2) is 52.5 Å². The van der Waals surface area contributed by atoms with Gasteiger partial charge in [0.05, 0.1) is 28.8 Å². The molecule has 0 radical (unpaired) electrons. The van der Waals surface area contributed by atoms with Gasteiger partial charge in [-0.05, 0) is 37.3 Å². The minimum absolute atomic E-state index is 0.157. The summed E-state index contributed by atoms with van der Waals surface area (Å²) in [5.41, 5.74) is 2.73. The summed E-state index contributed by atoms with van der Waals surface area (Å²) in [6.45, 7) is 2.27. The molecular formula is C17H15N3O3S. The van der Waals surface area contributed by atoms with Gasteiger partial charge in [-0.25, -0.2) is 0 Å². The molecule has 0 bridgehead atoms. The van der Waals surface area contributed by atoms with Crippen molar-refractivity contribution in [2.45, 2.75) is 18.2 Å². The fourth-order valence-corrected chi connectivity index (χ4v) is 3.17. The molecule has 3 rings (SSSR count). The Kier molecular flexibility index (Phi) is 4.23. The molecule has 1 heterocycles. The zero-order valence-electron chi connectivity index (χ0n) is 13.0. The lowest BCUT2D eigenvalue weighted by atomic mass is 10.0. The van der Waals surface area contributed by atoms with Crippen LogP contribution < -0.4 is 9.57 Å². The maximum Gasteiger partial charge on any atom is 0.276 e. The summed E-state index contributed by atoms with van der Waals surface area (Å²) in [7, 11) is -3.72. The van der Waals surface area contributed by atoms with Crippen molar-refractivity contribution >= 4 is 15.7 Å². The Labute approximate surface area is 140 Å². The van der Waals surface area contributed by atoms with E-state index in [1.165, 1.54) is 12.1 Å². The highest BCUT2D eigenvalue weighted by atomic mass is 32.2. The molecule has 0 spiro atoms. The number of hydrogen-bond acceptors (Lipinski definition) is 5. The summed E-state index contributed by atoms with van der Waals surface area (Å²) >= 11 is 0. The number of sulfonamides is 1. The van der Waals surface area contributed by atoms with Crippen LogP contribution in [-0.4, -0.2) is 20.7 Å². The molecular weight excluding hydrogens is 326 g/mol. The number of fused-ring (bicyclic) bond motifs is 1. The molecule has 2 aromatic carbocycles. The lowest BCUT2D eigenvalue weighted by molar-refractivity contribution is 0.320. The highest BCUT2D eigenvalue weighted by Crippen LogP contribution is 2.26. The van der Waals surface area contributed by atoms with Crippen LogP contribution in [0.25, 0.3) is 0 Å². The number of hydrazone groups is 1. The highest BCUT2D eigenvalue weighted by Gasteiger charge is 2.19. The third-order valence-electron chi connectivity index (χ3n) is 3.65. The van der Waals surface area contributed by atoms with Gasteiger partial charge in [-0.3, -0.25) is 0 Å². The third-order valence-corrected chi connectivity index (χ3v) is 4.87. The fourth-order valence-electron chi connectivity index (χ4n) is 2.34. The quantitative estimate of drug-likeness (QED) is 0.867. The first-order chi connectivity index (χ1) is 11.5. The van der Waals surface area contributed by atoms with Crippen LogP contribution in [0.3, 0.4) is 0 Å². The standard InChI is InChI=1S/C17H15N3O3S/c1-12-2-5-14(6-3-12)24(21,22)20-19-16-8-9-23-17-10-13(11-18)4-7-15(16)17/h2-7,10,20H,8-9H2,1H3/b19-16+. The SMILES string of the molecule is Cc1ccc(S(=O)(=O)N/N=C2\CCOc3cc(C#N)ccc32)cc1. The highest BCUT2D eigenvalue weighted by molar-refractivity contribution is 7.89. The molecule has 2 aromatic rings. The smallest absolute Gasteiger partial charge is 0.276 e. The summed E-state index contributed by atoms with van der Waals surface area (Å²) in [6, 6.07) is 13.6. The van der Waals surface area contributed by atoms with E-state index in [4.69, 9.17) is 10.00 Å². The van der Waals surface area contributed by atoms with Crippen LogP contribution >= 0.6 is 0 Å². The van der Waals surface area contributed by atoms with E-state index >= 15 is 0 Å². The number of aryl methyl sites for hydroxylation is 1. The van der Waals surface area contributed by atoms with E-state index in [-0.39, 0.29) is 4.90 Å². The number of ether oxygens (including phenoxy) is 1. The maximum absolute atomic E-state index is 12.3. The molecule has 6 nitrogen and oxygen atoms in total. The lowest BCUT2D eigenvalue weighted by Crippen LogP contribution is -2.23. The van der Waals surface area contributed by atoms with Gasteiger partial charge in [0, 0.05) is 12.0 Å². The number of hydrogen-bond donors (Lipinski definition) is 1. The van der Waals surface area contributed by atoms with Crippen molar-refractivity contribution in [1.29, 1.82) is 5.26 Å². The van der Waals surface area contributed by atoms with E-state index in [0.717, 1.165) is 5.56 Å². The summed E-state index contributed by atoms with van der Waals surface area (Å²) in [4.78, 5) is 2.43. The molecule has 0 aliphatic carbocycles. The van der Waals surface area contributed by atoms with Gasteiger partial charge in [0.1, 0.15) is 5.75 Å². The van der Waals surface area contributed by atoms with E-state index in [1.807, 2.05) is 13.0 Å². The Morgan fingerprint density at radius 3 is 2.67 bits per heavy atom. The average Bonchev–Trinajstić information content (AvgIpc) is 2.59. The Hall–Kier alpha value is -2.85. The minimum Gasteiger partial charge on any atom is -0.492 e. The predicted octanol–water partition coefficient (Wildman–Crippen LogP) is 2.33. The van der Waals surface area contributed by atoms with Crippen LogP contribution in [0.2, 0.25) is 0 Å². The molecule has 7 heteroatoms. The van der Waals surface area contributed by atoms with Crippen molar-refractivity contribution in [3.8, 4) is 11.8 Å². The monoisotopic (exact) mass is 341 g/mol. The first-order valence-electron chi connectivity index (χ1n) is 7.32. The molecule has 122 valence electrons. The van der Waals surface area contributed by atoms with Crippen molar-refractivity contribution in [3.63, 3.8) is 0 Å². The molecule has 1 aliphatic rings. The molecule has 0 saturated carbocycles. The van der Waals surface area contributed by atoms with Gasteiger partial charge in [-0.15, -0.1) is 0 Å². The van der Waals surface area contributed by atoms with Gasteiger partial charge in [-0.2, -0.15) is 23.6 Å². The normalized spacial score (nSPS) is 15.2. The van der Waals surface area contributed by atoms with Gasteiger partial charge in [0.25, 0.3) is 10.0 Å². The van der Waals surface area contributed by atoms with Crippen molar-refractivity contribution in [3.05, 3.63) is 59.2 Å². The second-order valence-electron chi connectivity index (χ2n) is 5.39. The van der Waals surface area contributed by atoms with Crippen LogP contribution in [0, 0.1) is 18.3 Å². The topological polar surface area (TPSA) is 91.6 Å². The zero-order chi connectivity index (χ0) is 17.2. The Morgan fingerprint density at radius 1 is 1.21 bits per heavy atom. The molecule has 24 heavy (non-hydrogen) atoms. The van der Waals surface area contributed by atoms with Gasteiger partial charge in [-0.1, -0.05) is 17.7 Å². The van der Waals surface area contributed by atoms with Crippen molar-refractivity contribution in [2.24, 2.45) is 5.10 Å². The van der Waals surface area contributed by atoms with Crippen LogP contribution in [0.5, 0.6) is 5.75 Å². The van der Waals surface area contributed by atoms with Crippen molar-refractivity contribution in [2.75, 3.05) is 6.61 Å². The first kappa shape index (κ1) is 16.0. The molecule has 0 aromatic heterocycles. The number of rotatable bonds is 3. The minimum atomic E-state index is -3.72. The predicted molar refractivity (Wildman–Crippen MR) is 89.3 cm³/mol. The zero-order valence-corrected chi connectivity index (χ0v) is 13.8. The van der Waals surface area contributed by atoms with E-state index in [1.54, 1.807) is 30.3 Å². The second-order valence-corrected chi connectivity index (χ2v) is 7.05. The van der Waals surface area contributed by atoms with Crippen molar-refractivity contribution < 1.29 is 13.2 Å². The number of nitrogens with zero attached hydrogens (tertiary/aromatic N) is 2. The van der Waals surface area contributed by atoms with Crippen LogP contribution in [-0.2, 0) is 10.0 Å². The van der Waals surface area contributed by atoms with E-state index in [2.05, 4.69) is 9.93 Å². The van der Waals surface area contributed by atoms with Gasteiger partial charge < -0.3 is 4.74 Å². The number of benzene rings is 2. The summed E-state index contributed by atoms with van der Waals surface area (Å²) in [5.74, 6) is 0.536. The molecule has 0 atom stereocenters.